The lowest BCUT2D eigenvalue weighted by atomic mass is 10.2. The van der Waals surface area contributed by atoms with Crippen LogP contribution in [0.5, 0.6) is 0 Å². The Morgan fingerprint density at radius 2 is 1.97 bits per heavy atom. The van der Waals surface area contributed by atoms with Crippen molar-refractivity contribution in [3.05, 3.63) is 36.0 Å². The van der Waals surface area contributed by atoms with Crippen molar-refractivity contribution in [2.45, 2.75) is 36.9 Å². The van der Waals surface area contributed by atoms with Crippen LogP contribution in [0.25, 0.3) is 0 Å². The molecule has 2 saturated heterocycles. The number of piperidine rings is 1. The first-order valence-electron chi connectivity index (χ1n) is 11.2. The molecule has 0 bridgehead atoms. The fraction of sp³-hybridized carbons (Fsp3) is 0.545. The maximum atomic E-state index is 13.6. The molecule has 0 N–H and O–H groups in total. The van der Waals surface area contributed by atoms with E-state index in [9.17, 15) is 13.2 Å². The van der Waals surface area contributed by atoms with Gasteiger partial charge in [0.2, 0.25) is 5.95 Å². The summed E-state index contributed by atoms with van der Waals surface area (Å²) in [6.07, 6.45) is -2.56. The van der Waals surface area contributed by atoms with E-state index in [1.807, 2.05) is 50.4 Å². The normalized spacial score (nSPS) is 30.4. The fourth-order valence-corrected chi connectivity index (χ4v) is 11.1. The predicted molar refractivity (Wildman–Crippen MR) is 130 cm³/mol. The number of fused-ring (bicyclic) bond motifs is 2. The molecule has 0 radical (unpaired) electrons. The zero-order chi connectivity index (χ0) is 22.7. The van der Waals surface area contributed by atoms with Crippen LogP contribution in [0, 0.1) is 17.8 Å². The van der Waals surface area contributed by atoms with Gasteiger partial charge in [0.15, 0.2) is 5.69 Å². The largest absolute Gasteiger partial charge is 0.433 e. The summed E-state index contributed by atoms with van der Waals surface area (Å²) in [5.41, 5.74) is 0.253. The van der Waals surface area contributed by atoms with Crippen molar-refractivity contribution in [3.8, 4) is 0 Å². The molecule has 1 aliphatic carbocycles. The molecule has 4 heterocycles. The molecule has 11 heteroatoms. The van der Waals surface area contributed by atoms with E-state index in [2.05, 4.69) is 22.1 Å². The summed E-state index contributed by atoms with van der Waals surface area (Å²) in [6.45, 7) is 4.29. The van der Waals surface area contributed by atoms with Crippen molar-refractivity contribution in [2.24, 2.45) is 22.1 Å². The van der Waals surface area contributed by atoms with Crippen LogP contribution in [-0.2, 0) is 14.9 Å². The summed E-state index contributed by atoms with van der Waals surface area (Å²) in [6, 6.07) is 9.55. The van der Waals surface area contributed by atoms with Crippen LogP contribution in [0.15, 0.2) is 39.6 Å². The molecule has 4 aliphatic rings. The zero-order valence-electron chi connectivity index (χ0n) is 18.0. The van der Waals surface area contributed by atoms with E-state index in [1.54, 1.807) is 0 Å². The molecule has 1 unspecified atom stereocenters. The Morgan fingerprint density at radius 3 is 2.67 bits per heavy atom. The third kappa shape index (κ3) is 4.25. The Labute approximate surface area is 200 Å². The van der Waals surface area contributed by atoms with Crippen LogP contribution in [0.2, 0.25) is 0 Å². The van der Waals surface area contributed by atoms with Gasteiger partial charge in [-0.05, 0) is 60.4 Å². The second-order valence-corrected chi connectivity index (χ2v) is 14.7. The average Bonchev–Trinajstić information content (AvgIpc) is 3.23. The van der Waals surface area contributed by atoms with Crippen LogP contribution in [-0.4, -0.2) is 41.4 Å². The molecule has 3 aliphatic heterocycles. The highest BCUT2D eigenvalue weighted by Gasteiger charge is 2.55. The monoisotopic (exact) mass is 511 g/mol. The number of hydrogen-bond donors (Lipinski definition) is 0. The molecule has 6 rings (SSSR count). The van der Waals surface area contributed by atoms with E-state index < -0.39 is 11.9 Å². The molecule has 3 fully saturated rings. The summed E-state index contributed by atoms with van der Waals surface area (Å²) in [5, 5.41) is 0. The second-order valence-electron chi connectivity index (χ2n) is 9.13. The Morgan fingerprint density at radius 1 is 1.18 bits per heavy atom. The van der Waals surface area contributed by atoms with Gasteiger partial charge in [0.25, 0.3) is 0 Å². The zero-order valence-corrected chi connectivity index (χ0v) is 20.5. The van der Waals surface area contributed by atoms with Gasteiger partial charge < -0.3 is 9.80 Å². The Hall–Kier alpha value is -1.46. The first-order valence-corrected chi connectivity index (χ1v) is 15.2. The summed E-state index contributed by atoms with van der Waals surface area (Å²) in [4.78, 5) is 13.7. The van der Waals surface area contributed by atoms with Crippen LogP contribution in [0.4, 0.5) is 30.6 Å². The maximum absolute atomic E-state index is 13.6. The number of hydrogen-bond acceptors (Lipinski definition) is 7. The Kier molecular flexibility index (Phi) is 5.57. The molecule has 176 valence electrons. The number of alkyl halides is 3. The average molecular weight is 512 g/mol. The van der Waals surface area contributed by atoms with Crippen molar-refractivity contribution < 1.29 is 13.2 Å². The minimum absolute atomic E-state index is 0.0845. The van der Waals surface area contributed by atoms with Gasteiger partial charge in [-0.15, -0.1) is 0 Å². The molecule has 1 saturated carbocycles. The number of anilines is 2. The summed E-state index contributed by atoms with van der Waals surface area (Å²) in [7, 11) is 3.66. The van der Waals surface area contributed by atoms with Crippen LogP contribution < -0.4 is 9.80 Å². The van der Waals surface area contributed by atoms with Gasteiger partial charge in [-0.3, -0.25) is 0 Å². The van der Waals surface area contributed by atoms with Crippen LogP contribution >= 0.6 is 21.6 Å². The topological polar surface area (TPSA) is 44.6 Å². The molecule has 5 atom stereocenters. The van der Waals surface area contributed by atoms with E-state index in [0.717, 1.165) is 43.4 Å². The Bertz CT molecular complexity index is 1100. The smallest absolute Gasteiger partial charge is 0.356 e. The lowest BCUT2D eigenvalue weighted by Gasteiger charge is -2.26. The quantitative estimate of drug-likeness (QED) is 0.461. The number of aromatic nitrogens is 2. The first kappa shape index (κ1) is 22.0. The molecule has 0 spiro atoms. The van der Waals surface area contributed by atoms with Gasteiger partial charge in [-0.1, -0.05) is 22.9 Å². The molecule has 0 amide bonds. The summed E-state index contributed by atoms with van der Waals surface area (Å²) >= 11 is 0. The van der Waals surface area contributed by atoms with Crippen LogP contribution in [0.3, 0.4) is 0 Å². The molecule has 33 heavy (non-hydrogen) atoms. The number of nitrogens with zero attached hydrogens (tertiary/aromatic N) is 5. The molecule has 1 aromatic heterocycles. The van der Waals surface area contributed by atoms with Crippen molar-refractivity contribution >= 4 is 47.8 Å². The molecular formula is C22H24F3N5S3. The van der Waals surface area contributed by atoms with Gasteiger partial charge in [0.05, 0.1) is 5.69 Å². The molecule has 1 aromatic carbocycles. The van der Waals surface area contributed by atoms with E-state index in [-0.39, 0.29) is 20.7 Å². The number of benzene rings is 1. The van der Waals surface area contributed by atoms with Crippen molar-refractivity contribution in [3.63, 3.8) is 0 Å². The predicted octanol–water partition coefficient (Wildman–Crippen LogP) is 5.97. The van der Waals surface area contributed by atoms with E-state index >= 15 is 0 Å². The van der Waals surface area contributed by atoms with Gasteiger partial charge in [-0.25, -0.2) is 9.35 Å². The second kappa shape index (κ2) is 8.34. The highest BCUT2D eigenvalue weighted by atomic mass is 33.5. The third-order valence-electron chi connectivity index (χ3n) is 7.06. The van der Waals surface area contributed by atoms with Gasteiger partial charge in [0, 0.05) is 51.1 Å². The lowest BCUT2D eigenvalue weighted by Crippen LogP contribution is -2.31. The minimum atomic E-state index is -4.47. The minimum Gasteiger partial charge on any atom is -0.356 e. The lowest BCUT2D eigenvalue weighted by molar-refractivity contribution is -0.141. The standard InChI is InChI=1S/C22H24F3N5S3/c1-13-5-4-8-30(13)21-26-19(22(23,24)25)9-20(27-21)29-10-14-15(11-29)16(14)12-31-33-28-17-6-2-3-7-18(17)32-33/h2-3,6-7,9,13-16H,4-5,8,10-12H2,1H3/t13-,14-,15+,16+,33?/m0/s1. The SMILES string of the molecule is C[C@H]1CCCN1c1nc(N2C[C@@H]3[C@@H](CSS4=Nc5ccccc5S4)[C@@H]3C2)cc(C(F)(F)F)n1. The fourth-order valence-electron chi connectivity index (χ4n) is 5.14. The number of rotatable bonds is 5. The van der Waals surface area contributed by atoms with E-state index in [1.165, 1.54) is 4.90 Å². The van der Waals surface area contributed by atoms with E-state index in [4.69, 9.17) is 4.36 Å². The third-order valence-corrected chi connectivity index (χ3v) is 12.7. The van der Waals surface area contributed by atoms with Gasteiger partial charge in [0.1, 0.15) is 5.82 Å². The molecule has 5 nitrogen and oxygen atoms in total. The van der Waals surface area contributed by atoms with Gasteiger partial charge in [-0.2, -0.15) is 18.2 Å². The Balaban J connectivity index is 1.11. The summed E-state index contributed by atoms with van der Waals surface area (Å²) < 4.78 is 45.5. The summed E-state index contributed by atoms with van der Waals surface area (Å²) in [5.74, 6) is 3.40. The van der Waals surface area contributed by atoms with Crippen molar-refractivity contribution in [2.75, 3.05) is 35.2 Å². The highest BCUT2D eigenvalue weighted by Crippen LogP contribution is 2.55. The molecule has 2 aromatic rings. The molecular weight excluding hydrogens is 487 g/mol. The number of halogens is 3. The first-order chi connectivity index (χ1) is 15.9. The highest BCUT2D eigenvalue weighted by molar-refractivity contribution is 9.03. The van der Waals surface area contributed by atoms with E-state index in [0.29, 0.717) is 30.1 Å². The van der Waals surface area contributed by atoms with Crippen LogP contribution in [0.1, 0.15) is 25.5 Å². The maximum Gasteiger partial charge on any atom is 0.433 e. The van der Waals surface area contributed by atoms with Crippen molar-refractivity contribution in [1.82, 2.24) is 9.97 Å². The van der Waals surface area contributed by atoms with Gasteiger partial charge >= 0.3 is 6.18 Å². The van der Waals surface area contributed by atoms with Crippen molar-refractivity contribution in [1.29, 1.82) is 0 Å².